The molecular formula is C12H13NO3. The number of carbonyl (C=O) groups is 1. The summed E-state index contributed by atoms with van der Waals surface area (Å²) in [4.78, 5) is 13.3. The van der Waals surface area contributed by atoms with Crippen LogP contribution in [0.5, 0.6) is 11.5 Å². The molecule has 4 nitrogen and oxygen atoms in total. The normalized spacial score (nSPS) is 9.50. The zero-order valence-corrected chi connectivity index (χ0v) is 8.97. The third kappa shape index (κ3) is 2.45. The van der Waals surface area contributed by atoms with Gasteiger partial charge in [0.1, 0.15) is 11.5 Å². The molecule has 1 aromatic carbocycles. The maximum Gasteiger partial charge on any atom is 0.258 e. The van der Waals surface area contributed by atoms with Gasteiger partial charge in [-0.1, -0.05) is 5.92 Å². The minimum absolute atomic E-state index is 0.0529. The van der Waals surface area contributed by atoms with Gasteiger partial charge in [-0.2, -0.15) is 0 Å². The number of benzene rings is 1. The smallest absolute Gasteiger partial charge is 0.258 e. The average molecular weight is 219 g/mol. The molecule has 0 unspecified atom stereocenters. The third-order valence-corrected chi connectivity index (χ3v) is 2.16. The fraction of sp³-hybridized carbons (Fsp3) is 0.250. The van der Waals surface area contributed by atoms with Crippen LogP contribution < -0.4 is 0 Å². The van der Waals surface area contributed by atoms with Gasteiger partial charge < -0.3 is 15.1 Å². The number of phenolic OH excluding ortho intramolecular Hbond substituents is 2. The molecule has 1 amide bonds. The molecule has 0 aliphatic rings. The Balaban J connectivity index is 3.03. The molecule has 0 atom stereocenters. The highest BCUT2D eigenvalue weighted by molar-refractivity contribution is 5.97. The van der Waals surface area contributed by atoms with Crippen molar-refractivity contribution in [3.63, 3.8) is 0 Å². The molecule has 16 heavy (non-hydrogen) atoms. The summed E-state index contributed by atoms with van der Waals surface area (Å²) in [7, 11) is 0. The van der Waals surface area contributed by atoms with E-state index in [-0.39, 0.29) is 23.6 Å². The minimum Gasteiger partial charge on any atom is -0.508 e. The third-order valence-electron chi connectivity index (χ3n) is 2.16. The average Bonchev–Trinajstić information content (AvgIpc) is 2.28. The number of nitrogens with zero attached hydrogens (tertiary/aromatic N) is 1. The minimum atomic E-state index is -0.395. The van der Waals surface area contributed by atoms with Crippen molar-refractivity contribution in [1.82, 2.24) is 4.90 Å². The van der Waals surface area contributed by atoms with Crippen LogP contribution in [0.1, 0.15) is 17.3 Å². The van der Waals surface area contributed by atoms with Crippen molar-refractivity contribution >= 4 is 5.91 Å². The lowest BCUT2D eigenvalue weighted by Gasteiger charge is -2.18. The monoisotopic (exact) mass is 219 g/mol. The number of terminal acetylenes is 1. The summed E-state index contributed by atoms with van der Waals surface area (Å²) < 4.78 is 0. The fourth-order valence-electron chi connectivity index (χ4n) is 1.30. The largest absolute Gasteiger partial charge is 0.508 e. The summed E-state index contributed by atoms with van der Waals surface area (Å²) in [6.07, 6.45) is 5.13. The van der Waals surface area contributed by atoms with Gasteiger partial charge in [0.15, 0.2) is 0 Å². The van der Waals surface area contributed by atoms with E-state index >= 15 is 0 Å². The van der Waals surface area contributed by atoms with Crippen LogP contribution in [0, 0.1) is 12.3 Å². The lowest BCUT2D eigenvalue weighted by molar-refractivity contribution is 0.0781. The highest BCUT2D eigenvalue weighted by Crippen LogP contribution is 2.23. The van der Waals surface area contributed by atoms with Gasteiger partial charge in [-0.3, -0.25) is 4.79 Å². The van der Waals surface area contributed by atoms with E-state index in [1.165, 1.54) is 23.1 Å². The maximum absolute atomic E-state index is 11.9. The number of phenols is 2. The summed E-state index contributed by atoms with van der Waals surface area (Å²) in [5.41, 5.74) is 0.0529. The van der Waals surface area contributed by atoms with E-state index in [2.05, 4.69) is 5.92 Å². The fourth-order valence-corrected chi connectivity index (χ4v) is 1.30. The molecule has 1 aromatic rings. The zero-order chi connectivity index (χ0) is 12.1. The second-order valence-corrected chi connectivity index (χ2v) is 3.22. The Morgan fingerprint density at radius 3 is 2.75 bits per heavy atom. The van der Waals surface area contributed by atoms with Crippen LogP contribution in [0.25, 0.3) is 0 Å². The number of hydrogen-bond donors (Lipinski definition) is 2. The zero-order valence-electron chi connectivity index (χ0n) is 8.97. The first-order valence-electron chi connectivity index (χ1n) is 4.84. The number of carbonyl (C=O) groups excluding carboxylic acids is 1. The molecule has 84 valence electrons. The Bertz CT molecular complexity index is 434. The molecule has 0 saturated carbocycles. The van der Waals surface area contributed by atoms with E-state index in [9.17, 15) is 15.0 Å². The van der Waals surface area contributed by atoms with E-state index in [4.69, 9.17) is 6.42 Å². The van der Waals surface area contributed by atoms with Crippen LogP contribution in [0.15, 0.2) is 18.2 Å². The van der Waals surface area contributed by atoms with Gasteiger partial charge in [0.05, 0.1) is 12.1 Å². The van der Waals surface area contributed by atoms with E-state index in [0.29, 0.717) is 6.54 Å². The summed E-state index contributed by atoms with van der Waals surface area (Å²) in [5.74, 6) is 1.73. The Labute approximate surface area is 94.1 Å². The molecule has 0 spiro atoms. The molecule has 0 heterocycles. The van der Waals surface area contributed by atoms with Crippen LogP contribution in [-0.4, -0.2) is 34.1 Å². The highest BCUT2D eigenvalue weighted by atomic mass is 16.3. The van der Waals surface area contributed by atoms with Crippen LogP contribution in [-0.2, 0) is 0 Å². The maximum atomic E-state index is 11.9. The first-order chi connectivity index (χ1) is 7.60. The molecule has 0 saturated heterocycles. The Kier molecular flexibility index (Phi) is 3.78. The lowest BCUT2D eigenvalue weighted by Crippen LogP contribution is -2.31. The number of rotatable bonds is 3. The van der Waals surface area contributed by atoms with E-state index in [1.807, 2.05) is 0 Å². The van der Waals surface area contributed by atoms with E-state index in [0.717, 1.165) is 0 Å². The van der Waals surface area contributed by atoms with Crippen molar-refractivity contribution in [1.29, 1.82) is 0 Å². The first-order valence-corrected chi connectivity index (χ1v) is 4.84. The molecule has 1 rings (SSSR count). The highest BCUT2D eigenvalue weighted by Gasteiger charge is 2.17. The molecule has 0 bridgehead atoms. The standard InChI is InChI=1S/C12H13NO3/c1-3-7-13(4-2)12(16)10-8-9(14)5-6-11(10)15/h1,5-6,8,14-15H,4,7H2,2H3. The topological polar surface area (TPSA) is 60.8 Å². The van der Waals surface area contributed by atoms with Gasteiger partial charge in [0.2, 0.25) is 0 Å². The van der Waals surface area contributed by atoms with Crippen molar-refractivity contribution < 1.29 is 15.0 Å². The molecule has 0 aromatic heterocycles. The molecular weight excluding hydrogens is 206 g/mol. The van der Waals surface area contributed by atoms with E-state index < -0.39 is 5.91 Å². The Morgan fingerprint density at radius 1 is 1.50 bits per heavy atom. The number of aromatic hydroxyl groups is 2. The van der Waals surface area contributed by atoms with Gasteiger partial charge in [-0.15, -0.1) is 6.42 Å². The Morgan fingerprint density at radius 2 is 2.19 bits per heavy atom. The van der Waals surface area contributed by atoms with Gasteiger partial charge in [0, 0.05) is 6.54 Å². The van der Waals surface area contributed by atoms with E-state index in [1.54, 1.807) is 6.92 Å². The summed E-state index contributed by atoms with van der Waals surface area (Å²) in [5, 5.41) is 18.8. The quantitative estimate of drug-likeness (QED) is 0.593. The van der Waals surface area contributed by atoms with Crippen molar-refractivity contribution in [2.45, 2.75) is 6.92 Å². The SMILES string of the molecule is C#CCN(CC)C(=O)c1cc(O)ccc1O. The molecule has 0 radical (unpaired) electrons. The summed E-state index contributed by atoms with van der Waals surface area (Å²) >= 11 is 0. The Hall–Kier alpha value is -2.15. The number of amides is 1. The van der Waals surface area contributed by atoms with Gasteiger partial charge in [-0.05, 0) is 25.1 Å². The molecule has 2 N–H and O–H groups in total. The van der Waals surface area contributed by atoms with Gasteiger partial charge >= 0.3 is 0 Å². The predicted molar refractivity (Wildman–Crippen MR) is 60.2 cm³/mol. The molecule has 4 heteroatoms. The van der Waals surface area contributed by atoms with Crippen molar-refractivity contribution in [3.8, 4) is 23.8 Å². The second-order valence-electron chi connectivity index (χ2n) is 3.22. The van der Waals surface area contributed by atoms with Gasteiger partial charge in [-0.25, -0.2) is 0 Å². The predicted octanol–water partition coefficient (Wildman–Crippen LogP) is 1.19. The van der Waals surface area contributed by atoms with Gasteiger partial charge in [0.25, 0.3) is 5.91 Å². The number of hydrogen-bond acceptors (Lipinski definition) is 3. The van der Waals surface area contributed by atoms with Crippen LogP contribution in [0.2, 0.25) is 0 Å². The molecule has 0 fully saturated rings. The summed E-state index contributed by atoms with van der Waals surface area (Å²) in [6.45, 7) is 2.40. The van der Waals surface area contributed by atoms with Crippen LogP contribution >= 0.6 is 0 Å². The van der Waals surface area contributed by atoms with Crippen molar-refractivity contribution in [3.05, 3.63) is 23.8 Å². The summed E-state index contributed by atoms with van der Waals surface area (Å²) in [6, 6.07) is 3.80. The second kappa shape index (κ2) is 5.08. The van der Waals surface area contributed by atoms with Crippen molar-refractivity contribution in [2.24, 2.45) is 0 Å². The lowest BCUT2D eigenvalue weighted by atomic mass is 10.1. The van der Waals surface area contributed by atoms with Crippen LogP contribution in [0.3, 0.4) is 0 Å². The molecule has 0 aliphatic carbocycles. The first kappa shape index (κ1) is 11.9. The van der Waals surface area contributed by atoms with Crippen molar-refractivity contribution in [2.75, 3.05) is 13.1 Å². The van der Waals surface area contributed by atoms with Crippen LogP contribution in [0.4, 0.5) is 0 Å². The molecule has 0 aliphatic heterocycles.